The first-order valence-electron chi connectivity index (χ1n) is 12.5. The molecule has 6 nitrogen and oxygen atoms in total. The number of benzene rings is 3. The first kappa shape index (κ1) is 24.4. The van der Waals surface area contributed by atoms with Crippen LogP contribution in [0.2, 0.25) is 0 Å². The smallest absolute Gasteiger partial charge is 0.287 e. The van der Waals surface area contributed by atoms with Crippen LogP contribution in [0.5, 0.6) is 5.75 Å². The lowest BCUT2D eigenvalue weighted by atomic mass is 9.87. The van der Waals surface area contributed by atoms with Gasteiger partial charge in [0.25, 0.3) is 5.91 Å². The molecular weight excluding hydrogens is 464 g/mol. The molecule has 0 saturated heterocycles. The Morgan fingerprint density at radius 1 is 1.00 bits per heavy atom. The van der Waals surface area contributed by atoms with Crippen LogP contribution >= 0.6 is 0 Å². The minimum atomic E-state index is -0.269. The number of nitrogens with zero attached hydrogens (tertiary/aromatic N) is 1. The van der Waals surface area contributed by atoms with E-state index in [1.807, 2.05) is 47.4 Å². The highest BCUT2D eigenvalue weighted by Crippen LogP contribution is 2.37. The van der Waals surface area contributed by atoms with Gasteiger partial charge in [0.05, 0.1) is 6.04 Å². The van der Waals surface area contributed by atoms with Crippen molar-refractivity contribution < 1.29 is 18.7 Å². The van der Waals surface area contributed by atoms with Gasteiger partial charge in [-0.1, -0.05) is 66.2 Å². The Balaban J connectivity index is 1.29. The highest BCUT2D eigenvalue weighted by atomic mass is 16.5. The molecule has 1 aliphatic rings. The fourth-order valence-electron chi connectivity index (χ4n) is 4.73. The number of furan rings is 1. The molecule has 3 aromatic carbocycles. The summed E-state index contributed by atoms with van der Waals surface area (Å²) in [5.41, 5.74) is 5.56. The molecular formula is C31H30N2O4. The zero-order valence-corrected chi connectivity index (χ0v) is 21.1. The zero-order valence-electron chi connectivity index (χ0n) is 21.1. The normalized spacial score (nSPS) is 14.6. The number of hydrogen-bond acceptors (Lipinski definition) is 4. The van der Waals surface area contributed by atoms with Gasteiger partial charge >= 0.3 is 0 Å². The Morgan fingerprint density at radius 3 is 2.54 bits per heavy atom. The summed E-state index contributed by atoms with van der Waals surface area (Å²) in [6, 6.07) is 27.4. The van der Waals surface area contributed by atoms with Crippen molar-refractivity contribution in [2.24, 2.45) is 0 Å². The maximum absolute atomic E-state index is 12.5. The number of fused-ring (bicyclic) bond motifs is 1. The molecule has 0 saturated carbocycles. The molecule has 1 aromatic heterocycles. The van der Waals surface area contributed by atoms with Crippen molar-refractivity contribution in [2.45, 2.75) is 39.5 Å². The second kappa shape index (κ2) is 10.7. The number of amides is 2. The van der Waals surface area contributed by atoms with Crippen molar-refractivity contribution in [3.8, 4) is 5.75 Å². The molecule has 0 radical (unpaired) electrons. The van der Waals surface area contributed by atoms with Gasteiger partial charge in [0.15, 0.2) is 5.76 Å². The maximum atomic E-state index is 12.5. The summed E-state index contributed by atoms with van der Waals surface area (Å²) in [7, 11) is 0. The SMILES string of the molecule is CC(=O)N1CCc2ccc(OCc3ccc(C(=O)NCc4ccccc4)o3)cc2[C@@H]1c1ccc(C)cc1. The number of carbonyl (C=O) groups excluding carboxylic acids is 2. The van der Waals surface area contributed by atoms with Crippen LogP contribution < -0.4 is 10.1 Å². The minimum Gasteiger partial charge on any atom is -0.486 e. The average molecular weight is 495 g/mol. The van der Waals surface area contributed by atoms with Crippen LogP contribution in [0, 0.1) is 6.92 Å². The lowest BCUT2D eigenvalue weighted by Crippen LogP contribution is -2.39. The molecule has 4 aromatic rings. The second-order valence-electron chi connectivity index (χ2n) is 9.36. The Kier molecular flexibility index (Phi) is 7.08. The molecule has 6 heteroatoms. The standard InChI is InChI=1S/C31H30N2O4/c1-21-8-10-25(11-9-21)30-28-18-26(13-12-24(28)16-17-33(30)22(2)34)36-20-27-14-15-29(37-27)31(35)32-19-23-6-4-3-5-7-23/h3-15,18,30H,16-17,19-20H2,1-2H3,(H,32,35)/t30-/m0/s1. The molecule has 5 rings (SSSR count). The van der Waals surface area contributed by atoms with E-state index in [0.717, 1.165) is 23.1 Å². The van der Waals surface area contributed by atoms with Gasteiger partial charge in [-0.15, -0.1) is 0 Å². The van der Waals surface area contributed by atoms with E-state index in [1.54, 1.807) is 19.1 Å². The third kappa shape index (κ3) is 5.59. The van der Waals surface area contributed by atoms with Gasteiger partial charge in [-0.05, 0) is 59.9 Å². The van der Waals surface area contributed by atoms with Crippen molar-refractivity contribution in [3.05, 3.63) is 124 Å². The molecule has 188 valence electrons. The number of aryl methyl sites for hydroxylation is 1. The Hall–Kier alpha value is -4.32. The third-order valence-electron chi connectivity index (χ3n) is 6.71. The summed E-state index contributed by atoms with van der Waals surface area (Å²) < 4.78 is 11.8. The predicted molar refractivity (Wildman–Crippen MR) is 141 cm³/mol. The van der Waals surface area contributed by atoms with Crippen molar-refractivity contribution >= 4 is 11.8 Å². The fourth-order valence-corrected chi connectivity index (χ4v) is 4.73. The molecule has 0 spiro atoms. The van der Waals surface area contributed by atoms with Gasteiger partial charge in [0.1, 0.15) is 18.1 Å². The predicted octanol–water partition coefficient (Wildman–Crippen LogP) is 5.59. The van der Waals surface area contributed by atoms with Gasteiger partial charge in [-0.3, -0.25) is 9.59 Å². The average Bonchev–Trinajstić information content (AvgIpc) is 3.40. The maximum Gasteiger partial charge on any atom is 0.287 e. The summed E-state index contributed by atoms with van der Waals surface area (Å²) >= 11 is 0. The van der Waals surface area contributed by atoms with Gasteiger partial charge < -0.3 is 19.4 Å². The van der Waals surface area contributed by atoms with Gasteiger partial charge in [0.2, 0.25) is 5.91 Å². The van der Waals surface area contributed by atoms with E-state index in [9.17, 15) is 9.59 Å². The van der Waals surface area contributed by atoms with Gasteiger partial charge in [0, 0.05) is 20.0 Å². The molecule has 2 heterocycles. The van der Waals surface area contributed by atoms with Crippen LogP contribution in [0.4, 0.5) is 0 Å². The lowest BCUT2D eigenvalue weighted by Gasteiger charge is -2.37. The van der Waals surface area contributed by atoms with E-state index in [-0.39, 0.29) is 30.2 Å². The van der Waals surface area contributed by atoms with Crippen molar-refractivity contribution in [3.63, 3.8) is 0 Å². The summed E-state index contributed by atoms with van der Waals surface area (Å²) in [6.07, 6.45) is 0.803. The first-order valence-corrected chi connectivity index (χ1v) is 12.5. The van der Waals surface area contributed by atoms with Crippen molar-refractivity contribution in [1.29, 1.82) is 0 Å². The van der Waals surface area contributed by atoms with E-state index in [2.05, 4.69) is 42.6 Å². The molecule has 1 atom stereocenters. The van der Waals surface area contributed by atoms with Crippen LogP contribution in [-0.2, 0) is 24.4 Å². The summed E-state index contributed by atoms with van der Waals surface area (Å²) in [5, 5.41) is 2.87. The molecule has 0 unspecified atom stereocenters. The number of nitrogens with one attached hydrogen (secondary N) is 1. The van der Waals surface area contributed by atoms with E-state index < -0.39 is 0 Å². The molecule has 1 N–H and O–H groups in total. The topological polar surface area (TPSA) is 71.8 Å². The van der Waals surface area contributed by atoms with Crippen LogP contribution in [0.3, 0.4) is 0 Å². The van der Waals surface area contributed by atoms with Crippen molar-refractivity contribution in [2.75, 3.05) is 6.54 Å². The van der Waals surface area contributed by atoms with Crippen LogP contribution in [0.15, 0.2) is 89.3 Å². The summed E-state index contributed by atoms with van der Waals surface area (Å²) in [6.45, 7) is 4.98. The minimum absolute atomic E-state index is 0.0520. The Labute approximate surface area is 216 Å². The van der Waals surface area contributed by atoms with Gasteiger partial charge in [-0.2, -0.15) is 0 Å². The Bertz CT molecular complexity index is 1390. The van der Waals surface area contributed by atoms with E-state index in [0.29, 0.717) is 24.6 Å². The second-order valence-corrected chi connectivity index (χ2v) is 9.36. The molecule has 0 aliphatic carbocycles. The van der Waals surface area contributed by atoms with Crippen LogP contribution in [-0.4, -0.2) is 23.3 Å². The molecule has 0 bridgehead atoms. The lowest BCUT2D eigenvalue weighted by molar-refractivity contribution is -0.130. The van der Waals surface area contributed by atoms with Crippen molar-refractivity contribution in [1.82, 2.24) is 10.2 Å². The number of ether oxygens (including phenoxy) is 1. The molecule has 2 amide bonds. The molecule has 37 heavy (non-hydrogen) atoms. The molecule has 0 fully saturated rings. The highest BCUT2D eigenvalue weighted by molar-refractivity contribution is 5.91. The third-order valence-corrected chi connectivity index (χ3v) is 6.71. The number of hydrogen-bond donors (Lipinski definition) is 1. The van der Waals surface area contributed by atoms with Gasteiger partial charge in [-0.25, -0.2) is 0 Å². The molecule has 1 aliphatic heterocycles. The summed E-state index contributed by atoms with van der Waals surface area (Å²) in [4.78, 5) is 26.9. The van der Waals surface area contributed by atoms with E-state index >= 15 is 0 Å². The largest absolute Gasteiger partial charge is 0.486 e. The van der Waals surface area contributed by atoms with E-state index in [4.69, 9.17) is 9.15 Å². The number of rotatable bonds is 7. The fraction of sp³-hybridized carbons (Fsp3) is 0.226. The number of carbonyl (C=O) groups is 2. The first-order chi connectivity index (χ1) is 18.0. The monoisotopic (exact) mass is 494 g/mol. The van der Waals surface area contributed by atoms with Crippen LogP contribution in [0.1, 0.15) is 57.1 Å². The summed E-state index contributed by atoms with van der Waals surface area (Å²) in [5.74, 6) is 1.28. The van der Waals surface area contributed by atoms with E-state index in [1.165, 1.54) is 11.1 Å². The van der Waals surface area contributed by atoms with Crippen LogP contribution in [0.25, 0.3) is 0 Å². The quantitative estimate of drug-likeness (QED) is 0.364. The zero-order chi connectivity index (χ0) is 25.8. The Morgan fingerprint density at radius 2 is 1.78 bits per heavy atom. The highest BCUT2D eigenvalue weighted by Gasteiger charge is 2.30.